The largest absolute Gasteiger partial charge is 0.311 e. The lowest BCUT2D eigenvalue weighted by Crippen LogP contribution is -2.30. The first-order valence-electron chi connectivity index (χ1n) is 7.05. The van der Waals surface area contributed by atoms with Crippen molar-refractivity contribution in [3.63, 3.8) is 0 Å². The van der Waals surface area contributed by atoms with Gasteiger partial charge in [-0.3, -0.25) is 4.79 Å². The molecule has 1 aliphatic heterocycles. The molecule has 2 N–H and O–H groups in total. The highest BCUT2D eigenvalue weighted by molar-refractivity contribution is 8.00. The van der Waals surface area contributed by atoms with Crippen LogP contribution in [0, 0.1) is 0 Å². The Balaban J connectivity index is 1.74. The van der Waals surface area contributed by atoms with E-state index >= 15 is 0 Å². The van der Waals surface area contributed by atoms with Gasteiger partial charge in [0, 0.05) is 18.4 Å². The van der Waals surface area contributed by atoms with Crippen molar-refractivity contribution in [3.05, 3.63) is 47.1 Å². The number of pyridine rings is 1. The number of sulfonamides is 1. The van der Waals surface area contributed by atoms with Crippen LogP contribution < -0.4 is 10.0 Å². The van der Waals surface area contributed by atoms with E-state index in [-0.39, 0.29) is 16.6 Å². The van der Waals surface area contributed by atoms with E-state index in [4.69, 9.17) is 16.7 Å². The number of nitrogens with zero attached hydrogens (tertiary/aromatic N) is 2. The second-order valence-electron chi connectivity index (χ2n) is 5.21. The zero-order valence-corrected chi connectivity index (χ0v) is 14.9. The summed E-state index contributed by atoms with van der Waals surface area (Å²) in [5.74, 6) is 0.122. The molecule has 1 aromatic heterocycles. The average molecular weight is 384 g/mol. The summed E-state index contributed by atoms with van der Waals surface area (Å²) < 4.78 is 22.8. The van der Waals surface area contributed by atoms with Gasteiger partial charge >= 0.3 is 0 Å². The van der Waals surface area contributed by atoms with Crippen LogP contribution in [0.25, 0.3) is 0 Å². The summed E-state index contributed by atoms with van der Waals surface area (Å²) in [5.41, 5.74) is 1.52. The van der Waals surface area contributed by atoms with Gasteiger partial charge in [-0.05, 0) is 42.3 Å². The van der Waals surface area contributed by atoms with E-state index in [1.54, 1.807) is 29.3 Å². The monoisotopic (exact) mass is 383 g/mol. The Morgan fingerprint density at radius 2 is 2.17 bits per heavy atom. The molecule has 9 heteroatoms. The molecular formula is C15H14ClN3O3S2. The molecule has 0 saturated carbocycles. The Hall–Kier alpha value is -1.61. The normalized spacial score (nSPS) is 13.8. The third kappa shape index (κ3) is 3.56. The second kappa shape index (κ2) is 6.72. The molecule has 0 atom stereocenters. The maximum atomic E-state index is 12.5. The number of carbonyl (C=O) groups excluding carboxylic acids is 1. The molecule has 0 radical (unpaired) electrons. The first kappa shape index (κ1) is 17.2. The van der Waals surface area contributed by atoms with Gasteiger partial charge in [-0.15, -0.1) is 0 Å². The molecule has 1 aliphatic rings. The molecule has 6 nitrogen and oxygen atoms in total. The Morgan fingerprint density at radius 3 is 2.88 bits per heavy atom. The highest BCUT2D eigenvalue weighted by Gasteiger charge is 2.26. The van der Waals surface area contributed by atoms with Crippen LogP contribution in [0.5, 0.6) is 0 Å². The standard InChI is InChI=1S/C15H14ClN3O3S2/c16-12-2-1-6-18-15(12)23-9-14(20)19-7-5-10-8-11(24(17,21)22)3-4-13(10)19/h1-4,6,8H,5,7,9H2,(H2,17,21,22). The van der Waals surface area contributed by atoms with Crippen molar-refractivity contribution in [1.29, 1.82) is 0 Å². The van der Waals surface area contributed by atoms with Crippen molar-refractivity contribution in [2.45, 2.75) is 16.3 Å². The number of fused-ring (bicyclic) bond motifs is 1. The number of carbonyl (C=O) groups is 1. The summed E-state index contributed by atoms with van der Waals surface area (Å²) in [4.78, 5) is 18.3. The fraction of sp³-hybridized carbons (Fsp3) is 0.200. The first-order chi connectivity index (χ1) is 11.4. The molecule has 2 aromatic rings. The fourth-order valence-corrected chi connectivity index (χ4v) is 4.11. The van der Waals surface area contributed by atoms with E-state index in [0.717, 1.165) is 11.3 Å². The second-order valence-corrected chi connectivity index (χ2v) is 8.14. The Morgan fingerprint density at radius 1 is 1.38 bits per heavy atom. The Labute approximate surface area is 149 Å². The molecule has 1 amide bonds. The van der Waals surface area contributed by atoms with Gasteiger partial charge in [-0.25, -0.2) is 18.5 Å². The minimum Gasteiger partial charge on any atom is -0.311 e. The van der Waals surface area contributed by atoms with Crippen LogP contribution in [0.2, 0.25) is 5.02 Å². The third-order valence-electron chi connectivity index (χ3n) is 3.63. The molecule has 126 valence electrons. The van der Waals surface area contributed by atoms with E-state index < -0.39 is 10.0 Å². The highest BCUT2D eigenvalue weighted by atomic mass is 35.5. The third-order valence-corrected chi connectivity index (χ3v) is 5.95. The molecule has 1 aromatic carbocycles. The Bertz CT molecular complexity index is 903. The summed E-state index contributed by atoms with van der Waals surface area (Å²) in [7, 11) is -3.74. The summed E-state index contributed by atoms with van der Waals surface area (Å²) >= 11 is 7.31. The lowest BCUT2D eigenvalue weighted by molar-refractivity contribution is -0.116. The predicted octanol–water partition coefficient (Wildman–Crippen LogP) is 2.06. The number of nitrogens with two attached hydrogens (primary N) is 1. The van der Waals surface area contributed by atoms with Crippen LogP contribution in [0.3, 0.4) is 0 Å². The van der Waals surface area contributed by atoms with Crippen LogP contribution in [0.1, 0.15) is 5.56 Å². The number of primary sulfonamides is 1. The van der Waals surface area contributed by atoms with Crippen molar-refractivity contribution in [3.8, 4) is 0 Å². The van der Waals surface area contributed by atoms with Crippen LogP contribution >= 0.6 is 23.4 Å². The Kier molecular flexibility index (Phi) is 4.82. The first-order valence-corrected chi connectivity index (χ1v) is 9.96. The number of aromatic nitrogens is 1. The average Bonchev–Trinajstić information content (AvgIpc) is 2.96. The van der Waals surface area contributed by atoms with Gasteiger partial charge in [0.1, 0.15) is 5.03 Å². The van der Waals surface area contributed by atoms with Crippen molar-refractivity contribution < 1.29 is 13.2 Å². The zero-order chi connectivity index (χ0) is 17.3. The molecule has 0 unspecified atom stereocenters. The number of halogens is 1. The minimum absolute atomic E-state index is 0.0604. The predicted molar refractivity (Wildman–Crippen MR) is 93.8 cm³/mol. The van der Waals surface area contributed by atoms with Crippen molar-refractivity contribution >= 4 is 45.0 Å². The SMILES string of the molecule is NS(=O)(=O)c1ccc2c(c1)CCN2C(=O)CSc1ncccc1Cl. The van der Waals surface area contributed by atoms with E-state index in [0.29, 0.717) is 23.0 Å². The van der Waals surface area contributed by atoms with Crippen LogP contribution in [0.15, 0.2) is 46.5 Å². The van der Waals surface area contributed by atoms with Crippen LogP contribution in [-0.2, 0) is 21.2 Å². The van der Waals surface area contributed by atoms with Gasteiger partial charge in [0.05, 0.1) is 15.7 Å². The number of hydrogen-bond acceptors (Lipinski definition) is 5. The van der Waals surface area contributed by atoms with Gasteiger partial charge in [0.2, 0.25) is 15.9 Å². The minimum atomic E-state index is -3.74. The van der Waals surface area contributed by atoms with Gasteiger partial charge in [-0.1, -0.05) is 23.4 Å². The maximum absolute atomic E-state index is 12.5. The van der Waals surface area contributed by atoms with Crippen molar-refractivity contribution in [1.82, 2.24) is 4.98 Å². The fourth-order valence-electron chi connectivity index (χ4n) is 2.50. The lowest BCUT2D eigenvalue weighted by atomic mass is 10.2. The molecule has 0 fully saturated rings. The van der Waals surface area contributed by atoms with Gasteiger partial charge < -0.3 is 4.90 Å². The number of hydrogen-bond donors (Lipinski definition) is 1. The van der Waals surface area contributed by atoms with Crippen molar-refractivity contribution in [2.75, 3.05) is 17.2 Å². The zero-order valence-electron chi connectivity index (χ0n) is 12.5. The number of amides is 1. The van der Waals surface area contributed by atoms with E-state index in [1.807, 2.05) is 0 Å². The molecule has 0 bridgehead atoms. The molecule has 0 spiro atoms. The molecule has 24 heavy (non-hydrogen) atoms. The van der Waals surface area contributed by atoms with Crippen LogP contribution in [0.4, 0.5) is 5.69 Å². The van der Waals surface area contributed by atoms with Gasteiger partial charge in [-0.2, -0.15) is 0 Å². The van der Waals surface area contributed by atoms with Crippen LogP contribution in [-0.4, -0.2) is 31.6 Å². The summed E-state index contributed by atoms with van der Waals surface area (Å²) in [6.45, 7) is 0.513. The van der Waals surface area contributed by atoms with Crippen molar-refractivity contribution in [2.24, 2.45) is 5.14 Å². The number of benzene rings is 1. The maximum Gasteiger partial charge on any atom is 0.238 e. The van der Waals surface area contributed by atoms with E-state index in [1.165, 1.54) is 23.9 Å². The number of rotatable bonds is 4. The van der Waals surface area contributed by atoms with E-state index in [2.05, 4.69) is 4.98 Å². The number of anilines is 1. The number of thioether (sulfide) groups is 1. The summed E-state index contributed by atoms with van der Waals surface area (Å²) in [6.07, 6.45) is 2.22. The summed E-state index contributed by atoms with van der Waals surface area (Å²) in [6, 6.07) is 8.02. The molecule has 2 heterocycles. The quantitative estimate of drug-likeness (QED) is 0.815. The van der Waals surface area contributed by atoms with Gasteiger partial charge in [0.15, 0.2) is 0 Å². The summed E-state index contributed by atoms with van der Waals surface area (Å²) in [5, 5.41) is 6.26. The van der Waals surface area contributed by atoms with E-state index in [9.17, 15) is 13.2 Å². The molecule has 3 rings (SSSR count). The molecular weight excluding hydrogens is 370 g/mol. The van der Waals surface area contributed by atoms with Gasteiger partial charge in [0.25, 0.3) is 0 Å². The lowest BCUT2D eigenvalue weighted by Gasteiger charge is -2.17. The highest BCUT2D eigenvalue weighted by Crippen LogP contribution is 2.31. The molecule has 0 saturated heterocycles. The smallest absolute Gasteiger partial charge is 0.238 e. The topological polar surface area (TPSA) is 93.4 Å². The molecule has 0 aliphatic carbocycles.